The Morgan fingerprint density at radius 2 is 1.94 bits per heavy atom. The minimum absolute atomic E-state index is 0.105. The van der Waals surface area contributed by atoms with Gasteiger partial charge in [0, 0.05) is 10.0 Å². The first-order chi connectivity index (χ1) is 8.41. The van der Waals surface area contributed by atoms with Crippen LogP contribution in [0, 0.1) is 0 Å². The van der Waals surface area contributed by atoms with Crippen molar-refractivity contribution in [2.45, 2.75) is 32.2 Å². The first-order valence-electron chi connectivity index (χ1n) is 5.76. The predicted octanol–water partition coefficient (Wildman–Crippen LogP) is 2.81. The topological polar surface area (TPSA) is 49.3 Å². The SMILES string of the molecule is CCC(C)(CO)NC(=O)Cc1c(Cl)cccc1Cl. The van der Waals surface area contributed by atoms with E-state index in [4.69, 9.17) is 23.2 Å². The van der Waals surface area contributed by atoms with Crippen molar-refractivity contribution >= 4 is 29.1 Å². The van der Waals surface area contributed by atoms with E-state index in [9.17, 15) is 9.90 Å². The van der Waals surface area contributed by atoms with Gasteiger partial charge in [0.1, 0.15) is 0 Å². The van der Waals surface area contributed by atoms with E-state index in [-0.39, 0.29) is 18.9 Å². The summed E-state index contributed by atoms with van der Waals surface area (Å²) in [6.45, 7) is 3.59. The number of carbonyl (C=O) groups excluding carboxylic acids is 1. The highest BCUT2D eigenvalue weighted by molar-refractivity contribution is 6.36. The smallest absolute Gasteiger partial charge is 0.225 e. The molecule has 1 rings (SSSR count). The molecule has 3 nitrogen and oxygen atoms in total. The summed E-state index contributed by atoms with van der Waals surface area (Å²) in [6, 6.07) is 5.12. The zero-order valence-corrected chi connectivity index (χ0v) is 12.0. The molecular formula is C13H17Cl2NO2. The van der Waals surface area contributed by atoms with Crippen molar-refractivity contribution in [2.24, 2.45) is 0 Å². The maximum atomic E-state index is 11.9. The molecule has 100 valence electrons. The van der Waals surface area contributed by atoms with Gasteiger partial charge in [-0.25, -0.2) is 0 Å². The van der Waals surface area contributed by atoms with E-state index in [1.165, 1.54) is 0 Å². The van der Waals surface area contributed by atoms with Gasteiger partial charge in [-0.3, -0.25) is 4.79 Å². The van der Waals surface area contributed by atoms with Crippen molar-refractivity contribution in [2.75, 3.05) is 6.61 Å². The van der Waals surface area contributed by atoms with Crippen LogP contribution in [-0.2, 0) is 11.2 Å². The summed E-state index contributed by atoms with van der Waals surface area (Å²) >= 11 is 12.0. The van der Waals surface area contributed by atoms with Gasteiger partial charge in [0.2, 0.25) is 5.91 Å². The summed E-state index contributed by atoms with van der Waals surface area (Å²) in [6.07, 6.45) is 0.750. The maximum Gasteiger partial charge on any atom is 0.225 e. The largest absolute Gasteiger partial charge is 0.394 e. The molecule has 0 radical (unpaired) electrons. The Morgan fingerprint density at radius 1 is 1.39 bits per heavy atom. The molecule has 1 amide bonds. The fourth-order valence-electron chi connectivity index (χ4n) is 1.48. The van der Waals surface area contributed by atoms with Gasteiger partial charge in [0.15, 0.2) is 0 Å². The van der Waals surface area contributed by atoms with Gasteiger partial charge in [0.25, 0.3) is 0 Å². The molecule has 18 heavy (non-hydrogen) atoms. The molecule has 0 aromatic heterocycles. The van der Waals surface area contributed by atoms with Crippen molar-refractivity contribution in [3.05, 3.63) is 33.8 Å². The van der Waals surface area contributed by atoms with Crippen LogP contribution in [0.5, 0.6) is 0 Å². The van der Waals surface area contributed by atoms with Gasteiger partial charge >= 0.3 is 0 Å². The minimum Gasteiger partial charge on any atom is -0.394 e. The zero-order valence-electron chi connectivity index (χ0n) is 10.5. The first kappa shape index (κ1) is 15.3. The Balaban J connectivity index is 2.77. The zero-order chi connectivity index (χ0) is 13.8. The maximum absolute atomic E-state index is 11.9. The highest BCUT2D eigenvalue weighted by Gasteiger charge is 2.23. The lowest BCUT2D eigenvalue weighted by Gasteiger charge is -2.27. The number of amides is 1. The lowest BCUT2D eigenvalue weighted by Crippen LogP contribution is -2.49. The third kappa shape index (κ3) is 3.87. The van der Waals surface area contributed by atoms with Crippen LogP contribution >= 0.6 is 23.2 Å². The van der Waals surface area contributed by atoms with Crippen LogP contribution in [0.3, 0.4) is 0 Å². The Labute approximate surface area is 117 Å². The van der Waals surface area contributed by atoms with Crippen molar-refractivity contribution < 1.29 is 9.90 Å². The number of carbonyl (C=O) groups is 1. The Bertz CT molecular complexity index is 411. The van der Waals surface area contributed by atoms with E-state index in [2.05, 4.69) is 5.32 Å². The molecule has 0 bridgehead atoms. The Hall–Kier alpha value is -0.770. The summed E-state index contributed by atoms with van der Waals surface area (Å²) in [5.41, 5.74) is -0.000105. The van der Waals surface area contributed by atoms with Gasteiger partial charge in [-0.1, -0.05) is 36.2 Å². The van der Waals surface area contributed by atoms with E-state index in [0.717, 1.165) is 0 Å². The van der Waals surface area contributed by atoms with Crippen LogP contribution < -0.4 is 5.32 Å². The minimum atomic E-state index is -0.606. The fourth-order valence-corrected chi connectivity index (χ4v) is 2.01. The molecular weight excluding hydrogens is 273 g/mol. The van der Waals surface area contributed by atoms with E-state index < -0.39 is 5.54 Å². The lowest BCUT2D eigenvalue weighted by molar-refractivity contribution is -0.122. The highest BCUT2D eigenvalue weighted by Crippen LogP contribution is 2.24. The molecule has 0 aliphatic heterocycles. The van der Waals surface area contributed by atoms with E-state index >= 15 is 0 Å². The predicted molar refractivity (Wildman–Crippen MR) is 74.1 cm³/mol. The van der Waals surface area contributed by atoms with Crippen LogP contribution in [0.1, 0.15) is 25.8 Å². The Morgan fingerprint density at radius 3 is 2.39 bits per heavy atom. The summed E-state index contributed by atoms with van der Waals surface area (Å²) in [7, 11) is 0. The number of nitrogens with one attached hydrogen (secondary N) is 1. The van der Waals surface area contributed by atoms with Crippen molar-refractivity contribution in [1.29, 1.82) is 0 Å². The van der Waals surface area contributed by atoms with E-state index in [1.54, 1.807) is 25.1 Å². The molecule has 1 aromatic rings. The number of rotatable bonds is 5. The number of hydrogen-bond acceptors (Lipinski definition) is 2. The normalized spacial score (nSPS) is 14.1. The van der Waals surface area contributed by atoms with Gasteiger partial charge in [-0.2, -0.15) is 0 Å². The van der Waals surface area contributed by atoms with E-state index in [1.807, 2.05) is 6.92 Å². The molecule has 5 heteroatoms. The molecule has 0 heterocycles. The standard InChI is InChI=1S/C13H17Cl2NO2/c1-3-13(2,8-17)16-12(18)7-9-10(14)5-4-6-11(9)15/h4-6,17H,3,7-8H2,1-2H3,(H,16,18). The van der Waals surface area contributed by atoms with Crippen LogP contribution in [0.15, 0.2) is 18.2 Å². The molecule has 0 saturated heterocycles. The second-order valence-corrected chi connectivity index (χ2v) is 5.31. The van der Waals surface area contributed by atoms with Crippen molar-refractivity contribution in [1.82, 2.24) is 5.32 Å². The van der Waals surface area contributed by atoms with Crippen LogP contribution in [-0.4, -0.2) is 23.2 Å². The van der Waals surface area contributed by atoms with Crippen LogP contribution in [0.2, 0.25) is 10.0 Å². The average molecular weight is 290 g/mol. The quantitative estimate of drug-likeness (QED) is 0.876. The number of aliphatic hydroxyl groups is 1. The Kier molecular flexibility index (Phi) is 5.45. The highest BCUT2D eigenvalue weighted by atomic mass is 35.5. The van der Waals surface area contributed by atoms with Crippen LogP contribution in [0.25, 0.3) is 0 Å². The third-order valence-electron chi connectivity index (χ3n) is 2.97. The molecule has 2 N–H and O–H groups in total. The molecule has 0 spiro atoms. The monoisotopic (exact) mass is 289 g/mol. The second kappa shape index (κ2) is 6.41. The molecule has 1 unspecified atom stereocenters. The van der Waals surface area contributed by atoms with E-state index in [0.29, 0.717) is 22.0 Å². The number of benzene rings is 1. The number of halogens is 2. The molecule has 0 aliphatic carbocycles. The van der Waals surface area contributed by atoms with Gasteiger partial charge < -0.3 is 10.4 Å². The molecule has 0 fully saturated rings. The van der Waals surface area contributed by atoms with Gasteiger partial charge in [0.05, 0.1) is 18.6 Å². The average Bonchev–Trinajstić information content (AvgIpc) is 2.34. The first-order valence-corrected chi connectivity index (χ1v) is 6.52. The third-order valence-corrected chi connectivity index (χ3v) is 3.68. The van der Waals surface area contributed by atoms with Crippen molar-refractivity contribution in [3.63, 3.8) is 0 Å². The number of hydrogen-bond donors (Lipinski definition) is 2. The molecule has 0 saturated carbocycles. The van der Waals surface area contributed by atoms with Gasteiger partial charge in [-0.05, 0) is 31.0 Å². The second-order valence-electron chi connectivity index (χ2n) is 4.50. The van der Waals surface area contributed by atoms with Crippen molar-refractivity contribution in [3.8, 4) is 0 Å². The summed E-state index contributed by atoms with van der Waals surface area (Å²) in [4.78, 5) is 11.9. The molecule has 1 atom stereocenters. The van der Waals surface area contributed by atoms with Gasteiger partial charge in [-0.15, -0.1) is 0 Å². The summed E-state index contributed by atoms with van der Waals surface area (Å²) in [5.74, 6) is -0.205. The van der Waals surface area contributed by atoms with Crippen LogP contribution in [0.4, 0.5) is 0 Å². The lowest BCUT2D eigenvalue weighted by atomic mass is 9.99. The fraction of sp³-hybridized carbons (Fsp3) is 0.462. The summed E-state index contributed by atoms with van der Waals surface area (Å²) < 4.78 is 0. The molecule has 0 aliphatic rings. The number of aliphatic hydroxyl groups excluding tert-OH is 1. The summed E-state index contributed by atoms with van der Waals surface area (Å²) in [5, 5.41) is 13.0. The molecule has 1 aromatic carbocycles.